The lowest BCUT2D eigenvalue weighted by molar-refractivity contribution is -0.390. The van der Waals surface area contributed by atoms with E-state index in [4.69, 9.17) is 19.2 Å². The molecule has 6 heteroatoms. The van der Waals surface area contributed by atoms with Crippen molar-refractivity contribution in [1.29, 1.82) is 0 Å². The number of amides is 1. The Kier molecular flexibility index (Phi) is 5.22. The molecule has 2 spiro atoms. The van der Waals surface area contributed by atoms with Gasteiger partial charge in [0.15, 0.2) is 0 Å². The topological polar surface area (TPSA) is 57.2 Å². The largest absolute Gasteiger partial charge is 0.415 e. The molecule has 1 aromatic rings. The first kappa shape index (κ1) is 21.6. The van der Waals surface area contributed by atoms with Crippen LogP contribution in [0.1, 0.15) is 88.5 Å². The van der Waals surface area contributed by atoms with Crippen molar-refractivity contribution in [2.24, 2.45) is 23.7 Å². The summed E-state index contributed by atoms with van der Waals surface area (Å²) in [5, 5.41) is 0. The molecular formula is C28H37NO5. The van der Waals surface area contributed by atoms with E-state index in [1.54, 1.807) is 0 Å². The highest BCUT2D eigenvalue weighted by Crippen LogP contribution is 2.64. The van der Waals surface area contributed by atoms with Crippen LogP contribution in [0.5, 0.6) is 5.75 Å². The minimum atomic E-state index is -0.640. The first-order valence-electron chi connectivity index (χ1n) is 13.7. The lowest BCUT2D eigenvalue weighted by atomic mass is 9.53. The lowest BCUT2D eigenvalue weighted by Gasteiger charge is -2.57. The van der Waals surface area contributed by atoms with Gasteiger partial charge in [-0.3, -0.25) is 0 Å². The first-order chi connectivity index (χ1) is 16.6. The molecule has 5 saturated carbocycles. The van der Waals surface area contributed by atoms with Crippen LogP contribution in [0.2, 0.25) is 0 Å². The van der Waals surface area contributed by atoms with Crippen LogP contribution in [0.3, 0.4) is 0 Å². The maximum Gasteiger partial charge on any atom is 0.415 e. The zero-order valence-corrected chi connectivity index (χ0v) is 20.1. The number of ether oxygens (including phenoxy) is 2. The van der Waals surface area contributed by atoms with Gasteiger partial charge >= 0.3 is 6.09 Å². The highest BCUT2D eigenvalue weighted by Gasteiger charge is 2.67. The van der Waals surface area contributed by atoms with Gasteiger partial charge in [-0.05, 0) is 99.7 Å². The Labute approximate surface area is 202 Å². The average molecular weight is 468 g/mol. The first-order valence-corrected chi connectivity index (χ1v) is 13.7. The number of benzene rings is 1. The smallest absolute Gasteiger partial charge is 0.410 e. The van der Waals surface area contributed by atoms with Crippen LogP contribution in [0, 0.1) is 23.7 Å². The molecule has 7 fully saturated rings. The highest BCUT2D eigenvalue weighted by molar-refractivity contribution is 5.70. The van der Waals surface area contributed by atoms with E-state index >= 15 is 0 Å². The summed E-state index contributed by atoms with van der Waals surface area (Å²) >= 11 is 0. The van der Waals surface area contributed by atoms with E-state index in [0.29, 0.717) is 23.5 Å². The molecule has 8 rings (SSSR count). The molecule has 2 atom stereocenters. The van der Waals surface area contributed by atoms with E-state index in [-0.39, 0.29) is 6.09 Å². The number of piperidine rings is 1. The molecule has 34 heavy (non-hydrogen) atoms. The van der Waals surface area contributed by atoms with Crippen LogP contribution in [0.25, 0.3) is 0 Å². The molecule has 2 saturated heterocycles. The van der Waals surface area contributed by atoms with E-state index in [1.807, 2.05) is 23.1 Å². The van der Waals surface area contributed by atoms with Gasteiger partial charge < -0.3 is 14.4 Å². The summed E-state index contributed by atoms with van der Waals surface area (Å²) in [5.74, 6) is 2.49. The summed E-state index contributed by atoms with van der Waals surface area (Å²) in [6, 6.07) is 8.08. The molecule has 184 valence electrons. The third-order valence-corrected chi connectivity index (χ3v) is 9.76. The van der Waals surface area contributed by atoms with Crippen molar-refractivity contribution in [2.75, 3.05) is 13.1 Å². The number of carbonyl (C=O) groups is 1. The summed E-state index contributed by atoms with van der Waals surface area (Å²) in [4.78, 5) is 26.8. The highest BCUT2D eigenvalue weighted by atomic mass is 17.3. The standard InChI is InChI=1S/C28H37NO5/c30-26(29-10-2-1-3-11-29)31-25-8-4-6-21(17-25)22-7-5-9-27(18-22)32-28(34-33-27)23-13-19-12-20(15-23)16-24(28)14-19/h4,6,8,17,19-20,22-24H,1-3,5,7,9-16,18H2/t19?,20?,22-,23?,24?,27-,28?/m1/s1. The van der Waals surface area contributed by atoms with Crippen molar-refractivity contribution < 1.29 is 24.0 Å². The van der Waals surface area contributed by atoms with E-state index < -0.39 is 11.6 Å². The van der Waals surface area contributed by atoms with Gasteiger partial charge in [-0.15, -0.1) is 0 Å². The third kappa shape index (κ3) is 3.59. The molecule has 7 aliphatic rings. The fourth-order valence-electron chi connectivity index (χ4n) is 8.33. The molecule has 0 aromatic heterocycles. The van der Waals surface area contributed by atoms with Gasteiger partial charge in [0.1, 0.15) is 5.75 Å². The maximum atomic E-state index is 12.6. The number of carbonyl (C=O) groups excluding carboxylic acids is 1. The van der Waals surface area contributed by atoms with Gasteiger partial charge in [-0.2, -0.15) is 9.78 Å². The third-order valence-electron chi connectivity index (χ3n) is 9.76. The number of hydrogen-bond donors (Lipinski definition) is 0. The molecular weight excluding hydrogens is 430 g/mol. The Bertz CT molecular complexity index is 914. The van der Waals surface area contributed by atoms with Crippen molar-refractivity contribution >= 4 is 6.09 Å². The zero-order chi connectivity index (χ0) is 22.8. The van der Waals surface area contributed by atoms with Crippen LogP contribution in [-0.4, -0.2) is 35.7 Å². The predicted molar refractivity (Wildman–Crippen MR) is 125 cm³/mol. The molecule has 0 N–H and O–H groups in total. The lowest BCUT2D eigenvalue weighted by Crippen LogP contribution is -2.59. The Balaban J connectivity index is 1.06. The summed E-state index contributed by atoms with van der Waals surface area (Å²) in [6.45, 7) is 1.59. The quantitative estimate of drug-likeness (QED) is 0.488. The van der Waals surface area contributed by atoms with E-state index in [0.717, 1.165) is 63.5 Å². The summed E-state index contributed by atoms with van der Waals surface area (Å²) in [5.41, 5.74) is 1.20. The molecule has 4 bridgehead atoms. The van der Waals surface area contributed by atoms with E-state index in [2.05, 4.69) is 6.07 Å². The minimum Gasteiger partial charge on any atom is -0.410 e. The maximum absolute atomic E-state index is 12.6. The monoisotopic (exact) mass is 467 g/mol. The molecule has 2 aliphatic heterocycles. The number of nitrogens with zero attached hydrogens (tertiary/aromatic N) is 1. The van der Waals surface area contributed by atoms with Crippen molar-refractivity contribution in [3.63, 3.8) is 0 Å². The predicted octanol–water partition coefficient (Wildman–Crippen LogP) is 6.16. The van der Waals surface area contributed by atoms with Crippen molar-refractivity contribution in [1.82, 2.24) is 4.90 Å². The SMILES string of the molecule is O=C(Oc1cccc([C@@H]2CCC[C@]3(C2)OOC2(O3)C3CC4CC(C3)CC2C4)c1)N1CCCCC1. The second kappa shape index (κ2) is 8.21. The van der Waals surface area contributed by atoms with Gasteiger partial charge in [0.25, 0.3) is 0 Å². The number of hydrogen-bond acceptors (Lipinski definition) is 5. The second-order valence-electron chi connectivity index (χ2n) is 12.0. The van der Waals surface area contributed by atoms with E-state index in [1.165, 1.54) is 44.1 Å². The second-order valence-corrected chi connectivity index (χ2v) is 12.0. The Morgan fingerprint density at radius 2 is 1.71 bits per heavy atom. The summed E-state index contributed by atoms with van der Waals surface area (Å²) in [7, 11) is 0. The van der Waals surface area contributed by atoms with Crippen molar-refractivity contribution in [3.05, 3.63) is 29.8 Å². The van der Waals surface area contributed by atoms with Crippen LogP contribution >= 0.6 is 0 Å². The average Bonchev–Trinajstić information content (AvgIpc) is 3.22. The molecule has 2 heterocycles. The molecule has 5 aliphatic carbocycles. The molecule has 0 unspecified atom stereocenters. The van der Waals surface area contributed by atoms with Crippen molar-refractivity contribution in [2.45, 2.75) is 94.5 Å². The van der Waals surface area contributed by atoms with Gasteiger partial charge in [-0.1, -0.05) is 12.1 Å². The van der Waals surface area contributed by atoms with Crippen LogP contribution in [-0.2, 0) is 14.5 Å². The van der Waals surface area contributed by atoms with Crippen molar-refractivity contribution in [3.8, 4) is 5.75 Å². The van der Waals surface area contributed by atoms with Crippen LogP contribution in [0.4, 0.5) is 4.79 Å². The Hall–Kier alpha value is -1.63. The normalized spacial score (nSPS) is 43.1. The fourth-order valence-corrected chi connectivity index (χ4v) is 8.33. The van der Waals surface area contributed by atoms with Gasteiger partial charge in [0.05, 0.1) is 0 Å². The summed E-state index contributed by atoms with van der Waals surface area (Å²) < 4.78 is 12.7. The summed E-state index contributed by atoms with van der Waals surface area (Å²) in [6.07, 6.45) is 13.3. The number of likely N-dealkylation sites (tertiary alicyclic amines) is 1. The Morgan fingerprint density at radius 1 is 0.941 bits per heavy atom. The Morgan fingerprint density at radius 3 is 2.47 bits per heavy atom. The number of rotatable bonds is 2. The van der Waals surface area contributed by atoms with E-state index in [9.17, 15) is 4.79 Å². The van der Waals surface area contributed by atoms with Crippen LogP contribution < -0.4 is 4.74 Å². The molecule has 0 radical (unpaired) electrons. The van der Waals surface area contributed by atoms with Gasteiger partial charge in [0.2, 0.25) is 11.6 Å². The molecule has 6 nitrogen and oxygen atoms in total. The van der Waals surface area contributed by atoms with Gasteiger partial charge in [0, 0.05) is 37.8 Å². The zero-order valence-electron chi connectivity index (χ0n) is 20.1. The van der Waals surface area contributed by atoms with Crippen LogP contribution in [0.15, 0.2) is 24.3 Å². The molecule has 1 aromatic carbocycles. The fraction of sp³-hybridized carbons (Fsp3) is 0.750. The molecule has 1 amide bonds. The van der Waals surface area contributed by atoms with Gasteiger partial charge in [-0.25, -0.2) is 4.79 Å². The minimum absolute atomic E-state index is 0.225.